The lowest BCUT2D eigenvalue weighted by molar-refractivity contribution is 0.0992. The third-order valence-electron chi connectivity index (χ3n) is 1.38. The van der Waals surface area contributed by atoms with Gasteiger partial charge in [-0.2, -0.15) is 11.8 Å². The molecule has 12 heavy (non-hydrogen) atoms. The monoisotopic (exact) mass is 184 g/mol. The van der Waals surface area contributed by atoms with Crippen LogP contribution in [0.4, 0.5) is 0 Å². The largest absolute Gasteiger partial charge is 0.461 e. The molecule has 0 spiro atoms. The number of hydrogen-bond donors (Lipinski definition) is 0. The van der Waals surface area contributed by atoms with Gasteiger partial charge in [0.05, 0.1) is 12.0 Å². The van der Waals surface area contributed by atoms with E-state index in [-0.39, 0.29) is 5.78 Å². The fraction of sp³-hybridized carbons (Fsp3) is 0.444. The molecule has 0 amide bonds. The molecule has 0 aliphatic heterocycles. The summed E-state index contributed by atoms with van der Waals surface area (Å²) in [5, 5.41) is 0. The highest BCUT2D eigenvalue weighted by Crippen LogP contribution is 2.08. The van der Waals surface area contributed by atoms with Gasteiger partial charge in [-0.05, 0) is 24.3 Å². The van der Waals surface area contributed by atoms with Crippen LogP contribution in [0.2, 0.25) is 0 Å². The summed E-state index contributed by atoms with van der Waals surface area (Å²) in [5.41, 5.74) is 0. The first-order valence-electron chi connectivity index (χ1n) is 3.99. The minimum Gasteiger partial charge on any atom is -0.461 e. The molecule has 0 saturated heterocycles. The van der Waals surface area contributed by atoms with Crippen molar-refractivity contribution >= 4 is 17.5 Å². The maximum Gasteiger partial charge on any atom is 0.207 e. The van der Waals surface area contributed by atoms with E-state index < -0.39 is 0 Å². The van der Waals surface area contributed by atoms with Crippen molar-refractivity contribution in [3.8, 4) is 0 Å². The first-order chi connectivity index (χ1) is 5.84. The van der Waals surface area contributed by atoms with Crippen LogP contribution in [0, 0.1) is 0 Å². The summed E-state index contributed by atoms with van der Waals surface area (Å²) < 4.78 is 4.96. The van der Waals surface area contributed by atoms with Gasteiger partial charge >= 0.3 is 0 Å². The van der Waals surface area contributed by atoms with Crippen molar-refractivity contribution in [2.45, 2.75) is 13.3 Å². The van der Waals surface area contributed by atoms with E-state index in [1.54, 1.807) is 23.9 Å². The van der Waals surface area contributed by atoms with Crippen LogP contribution in [-0.2, 0) is 0 Å². The second-order valence-corrected chi connectivity index (χ2v) is 3.56. The average Bonchev–Trinajstić information content (AvgIpc) is 2.56. The van der Waals surface area contributed by atoms with Crippen LogP contribution in [0.3, 0.4) is 0 Å². The van der Waals surface area contributed by atoms with E-state index in [1.807, 2.05) is 0 Å². The zero-order chi connectivity index (χ0) is 8.81. The summed E-state index contributed by atoms with van der Waals surface area (Å²) in [7, 11) is 0. The van der Waals surface area contributed by atoms with Gasteiger partial charge in [-0.1, -0.05) is 6.92 Å². The minimum absolute atomic E-state index is 0.0819. The summed E-state index contributed by atoms with van der Waals surface area (Å²) in [6.45, 7) is 2.10. The Morgan fingerprint density at radius 2 is 2.50 bits per heavy atom. The lowest BCUT2D eigenvalue weighted by Crippen LogP contribution is -2.00. The molecule has 1 rings (SSSR count). The van der Waals surface area contributed by atoms with Gasteiger partial charge in [0.1, 0.15) is 0 Å². The third kappa shape index (κ3) is 2.74. The Morgan fingerprint density at radius 1 is 1.67 bits per heavy atom. The number of Topliss-reactive ketones (excluding diaryl/α,β-unsaturated/α-hetero) is 1. The highest BCUT2D eigenvalue weighted by molar-refractivity contribution is 7.99. The molecule has 3 heteroatoms. The number of carbonyl (C=O) groups is 1. The molecule has 1 aromatic rings. The molecule has 1 heterocycles. The van der Waals surface area contributed by atoms with Gasteiger partial charge in [-0.25, -0.2) is 0 Å². The molecule has 0 bridgehead atoms. The van der Waals surface area contributed by atoms with Gasteiger partial charge < -0.3 is 4.42 Å². The van der Waals surface area contributed by atoms with Crippen molar-refractivity contribution in [2.75, 3.05) is 11.5 Å². The molecule has 0 unspecified atom stereocenters. The Morgan fingerprint density at radius 3 is 3.08 bits per heavy atom. The van der Waals surface area contributed by atoms with Crippen LogP contribution in [0.25, 0.3) is 0 Å². The van der Waals surface area contributed by atoms with Gasteiger partial charge in [-0.15, -0.1) is 0 Å². The Balaban J connectivity index is 2.30. The molecule has 0 N–H and O–H groups in total. The predicted octanol–water partition coefficient (Wildman–Crippen LogP) is 2.61. The van der Waals surface area contributed by atoms with E-state index in [0.717, 1.165) is 12.2 Å². The topological polar surface area (TPSA) is 30.2 Å². The average molecular weight is 184 g/mol. The van der Waals surface area contributed by atoms with Crippen LogP contribution in [0.1, 0.15) is 23.9 Å². The Bertz CT molecular complexity index is 229. The molecule has 0 fully saturated rings. The molecule has 66 valence electrons. The number of rotatable bonds is 5. The second kappa shape index (κ2) is 5.04. The third-order valence-corrected chi connectivity index (χ3v) is 2.54. The molecule has 0 aromatic carbocycles. The molecule has 2 nitrogen and oxygen atoms in total. The first-order valence-corrected chi connectivity index (χ1v) is 5.14. The predicted molar refractivity (Wildman–Crippen MR) is 50.7 cm³/mol. The van der Waals surface area contributed by atoms with Gasteiger partial charge in [-0.3, -0.25) is 4.79 Å². The van der Waals surface area contributed by atoms with Crippen LogP contribution >= 0.6 is 11.8 Å². The van der Waals surface area contributed by atoms with E-state index in [1.165, 1.54) is 6.26 Å². The van der Waals surface area contributed by atoms with E-state index in [4.69, 9.17) is 4.42 Å². The molecular weight excluding hydrogens is 172 g/mol. The fourth-order valence-electron chi connectivity index (χ4n) is 0.818. The van der Waals surface area contributed by atoms with Crippen molar-refractivity contribution in [1.29, 1.82) is 0 Å². The Labute approximate surface area is 76.3 Å². The van der Waals surface area contributed by atoms with Crippen LogP contribution < -0.4 is 0 Å². The van der Waals surface area contributed by atoms with Gasteiger partial charge in [0.15, 0.2) is 5.76 Å². The van der Waals surface area contributed by atoms with Crippen molar-refractivity contribution in [2.24, 2.45) is 0 Å². The van der Waals surface area contributed by atoms with Gasteiger partial charge in [0.2, 0.25) is 5.78 Å². The lowest BCUT2D eigenvalue weighted by atomic mass is 10.3. The zero-order valence-corrected chi connectivity index (χ0v) is 7.89. The van der Waals surface area contributed by atoms with Crippen molar-refractivity contribution in [1.82, 2.24) is 0 Å². The molecule has 0 radical (unpaired) electrons. The second-order valence-electron chi connectivity index (χ2n) is 2.45. The highest BCUT2D eigenvalue weighted by Gasteiger charge is 2.07. The van der Waals surface area contributed by atoms with E-state index >= 15 is 0 Å². The fourth-order valence-corrected chi connectivity index (χ4v) is 1.58. The first kappa shape index (κ1) is 9.39. The maximum atomic E-state index is 11.3. The van der Waals surface area contributed by atoms with Crippen molar-refractivity contribution in [3.63, 3.8) is 0 Å². The normalized spacial score (nSPS) is 10.1. The summed E-state index contributed by atoms with van der Waals surface area (Å²) >= 11 is 1.65. The molecule has 0 atom stereocenters. The highest BCUT2D eigenvalue weighted by atomic mass is 32.2. The van der Waals surface area contributed by atoms with Crippen LogP contribution in [0.15, 0.2) is 22.8 Å². The lowest BCUT2D eigenvalue weighted by Gasteiger charge is -1.95. The molecule has 0 aliphatic carbocycles. The van der Waals surface area contributed by atoms with Gasteiger partial charge in [0.25, 0.3) is 0 Å². The SMILES string of the molecule is CCCSCC(=O)c1ccco1. The minimum atomic E-state index is 0.0819. The van der Waals surface area contributed by atoms with E-state index in [0.29, 0.717) is 11.5 Å². The number of ketones is 1. The maximum absolute atomic E-state index is 11.3. The Hall–Kier alpha value is -0.700. The van der Waals surface area contributed by atoms with Crippen molar-refractivity contribution in [3.05, 3.63) is 24.2 Å². The summed E-state index contributed by atoms with van der Waals surface area (Å²) in [6.07, 6.45) is 2.63. The van der Waals surface area contributed by atoms with Gasteiger partial charge in [0, 0.05) is 0 Å². The molecule has 0 aliphatic rings. The molecule has 1 aromatic heterocycles. The molecule has 0 saturated carbocycles. The summed E-state index contributed by atoms with van der Waals surface area (Å²) in [6, 6.07) is 3.44. The number of furan rings is 1. The summed E-state index contributed by atoms with van der Waals surface area (Å²) in [4.78, 5) is 11.3. The molecular formula is C9H12O2S. The number of thioether (sulfide) groups is 1. The number of carbonyl (C=O) groups excluding carboxylic acids is 1. The Kier molecular flexibility index (Phi) is 3.94. The quantitative estimate of drug-likeness (QED) is 0.520. The van der Waals surface area contributed by atoms with E-state index in [2.05, 4.69) is 6.92 Å². The summed E-state index contributed by atoms with van der Waals surface area (Å²) in [5.74, 6) is 2.12. The standard InChI is InChI=1S/C9H12O2S/c1-2-6-12-7-8(10)9-4-3-5-11-9/h3-5H,2,6-7H2,1H3. The van der Waals surface area contributed by atoms with Crippen LogP contribution in [-0.4, -0.2) is 17.3 Å². The number of hydrogen-bond acceptors (Lipinski definition) is 3. The van der Waals surface area contributed by atoms with Crippen LogP contribution in [0.5, 0.6) is 0 Å². The smallest absolute Gasteiger partial charge is 0.207 e. The zero-order valence-electron chi connectivity index (χ0n) is 7.08. The van der Waals surface area contributed by atoms with Crippen molar-refractivity contribution < 1.29 is 9.21 Å². The van der Waals surface area contributed by atoms with E-state index in [9.17, 15) is 4.79 Å².